The fraction of sp³-hybridized carbons (Fsp3) is 0.500. The molecule has 0 bridgehead atoms. The van der Waals surface area contributed by atoms with Crippen LogP contribution in [-0.4, -0.2) is 10.2 Å². The number of fused-ring (bicyclic) bond motifs is 2. The summed E-state index contributed by atoms with van der Waals surface area (Å²) in [4.78, 5) is 0. The first-order valence-corrected chi connectivity index (χ1v) is 7.74. The van der Waals surface area contributed by atoms with Gasteiger partial charge in [-0.25, -0.2) is 0 Å². The van der Waals surface area contributed by atoms with Gasteiger partial charge >= 0.3 is 0 Å². The van der Waals surface area contributed by atoms with E-state index in [1.807, 2.05) is 0 Å². The molecule has 1 heteroatoms. The molecule has 2 aliphatic rings. The average molecular weight is 242 g/mol. The van der Waals surface area contributed by atoms with E-state index in [9.17, 15) is 0 Å². The zero-order valence-corrected chi connectivity index (χ0v) is 13.4. The third-order valence-corrected chi connectivity index (χ3v) is 7.48. The van der Waals surface area contributed by atoms with Crippen molar-refractivity contribution in [2.45, 2.75) is 45.1 Å². The molecule has 90 valence electrons. The highest BCUT2D eigenvalue weighted by molar-refractivity contribution is 6.19. The Kier molecular flexibility index (Phi) is 2.22. The summed E-state index contributed by atoms with van der Waals surface area (Å²) in [6.45, 7) is 7.43. The van der Waals surface area contributed by atoms with Gasteiger partial charge in [0, 0.05) is 10.2 Å². The van der Waals surface area contributed by atoms with E-state index in [0.717, 1.165) is 0 Å². The first-order valence-electron chi connectivity index (χ1n) is 6.74. The van der Waals surface area contributed by atoms with E-state index >= 15 is 0 Å². The molecule has 0 aromatic heterocycles. The lowest BCUT2D eigenvalue weighted by molar-refractivity contribution is 0.250. The van der Waals surface area contributed by atoms with Gasteiger partial charge < -0.3 is 0 Å². The molecular weight excluding hydrogens is 220 g/mol. The van der Waals surface area contributed by atoms with Gasteiger partial charge in [-0.3, -0.25) is 0 Å². The second-order valence-electron chi connectivity index (χ2n) is 6.80. The van der Waals surface area contributed by atoms with Crippen LogP contribution in [0.25, 0.3) is 5.57 Å². The van der Waals surface area contributed by atoms with E-state index < -0.39 is 0 Å². The fourth-order valence-electron chi connectivity index (χ4n) is 3.47. The van der Waals surface area contributed by atoms with Crippen LogP contribution in [0.2, 0.25) is 5.04 Å². The van der Waals surface area contributed by atoms with Crippen LogP contribution in [0.1, 0.15) is 44.7 Å². The monoisotopic (exact) mass is 242 g/mol. The maximum atomic E-state index is 2.50. The molecule has 0 nitrogen and oxygen atoms in total. The number of allylic oxidation sites excluding steroid dienone is 2. The molecule has 2 aliphatic carbocycles. The third kappa shape index (κ3) is 1.41. The normalized spacial score (nSPS) is 30.3. The Balaban J connectivity index is 2.15. The molecule has 1 aromatic rings. The third-order valence-electron chi connectivity index (χ3n) is 5.52. The molecule has 1 unspecified atom stereocenters. The van der Waals surface area contributed by atoms with Crippen molar-refractivity contribution in [1.82, 2.24) is 0 Å². The Morgan fingerprint density at radius 2 is 1.82 bits per heavy atom. The summed E-state index contributed by atoms with van der Waals surface area (Å²) in [7, 11) is 1.26. The highest BCUT2D eigenvalue weighted by Crippen LogP contribution is 2.60. The zero-order valence-electron chi connectivity index (χ0n) is 11.4. The number of rotatable bonds is 0. The molecule has 0 saturated heterocycles. The number of benzene rings is 1. The summed E-state index contributed by atoms with van der Waals surface area (Å²) >= 11 is 0. The molecule has 0 saturated carbocycles. The topological polar surface area (TPSA) is 0 Å². The minimum atomic E-state index is 0.472. The predicted octanol–water partition coefficient (Wildman–Crippen LogP) is 3.36. The maximum absolute atomic E-state index is 2.50. The van der Waals surface area contributed by atoms with Gasteiger partial charge in [0.25, 0.3) is 0 Å². The van der Waals surface area contributed by atoms with Crippen LogP contribution in [0.5, 0.6) is 0 Å². The first kappa shape index (κ1) is 11.3. The van der Waals surface area contributed by atoms with Crippen LogP contribution < -0.4 is 0 Å². The van der Waals surface area contributed by atoms with Crippen molar-refractivity contribution in [1.29, 1.82) is 0 Å². The largest absolute Gasteiger partial charge is 0.0619 e. The number of hydrogen-bond acceptors (Lipinski definition) is 0. The zero-order chi connectivity index (χ0) is 12.3. The standard InChI is InChI=1S/C16H22Si/c1-15(2)9-8-13-12-7-5-4-6-11(12)10-14(13)16(15,3)17/h4-7H,8-10H2,1-3,17H3. The van der Waals surface area contributed by atoms with Crippen molar-refractivity contribution >= 4 is 15.8 Å². The minimum absolute atomic E-state index is 0.472. The van der Waals surface area contributed by atoms with Gasteiger partial charge in [-0.1, -0.05) is 50.6 Å². The van der Waals surface area contributed by atoms with Gasteiger partial charge in [-0.05, 0) is 46.4 Å². The summed E-state index contributed by atoms with van der Waals surface area (Å²) in [5.74, 6) is 0. The van der Waals surface area contributed by atoms with Gasteiger partial charge in [0.05, 0.1) is 0 Å². The molecule has 17 heavy (non-hydrogen) atoms. The molecule has 1 atom stereocenters. The molecular formula is C16H22Si. The van der Waals surface area contributed by atoms with E-state index in [4.69, 9.17) is 0 Å². The molecule has 3 rings (SSSR count). The summed E-state index contributed by atoms with van der Waals surface area (Å²) in [6, 6.07) is 9.03. The van der Waals surface area contributed by atoms with Crippen LogP contribution in [0.4, 0.5) is 0 Å². The lowest BCUT2D eigenvalue weighted by Crippen LogP contribution is -2.34. The Bertz CT molecular complexity index is 506. The molecule has 0 radical (unpaired) electrons. The van der Waals surface area contributed by atoms with Crippen molar-refractivity contribution in [3.8, 4) is 0 Å². The van der Waals surface area contributed by atoms with Crippen LogP contribution >= 0.6 is 0 Å². The average Bonchev–Trinajstić information content (AvgIpc) is 2.64. The molecule has 1 aromatic carbocycles. The molecule has 0 fully saturated rings. The van der Waals surface area contributed by atoms with Crippen LogP contribution in [0.15, 0.2) is 29.8 Å². The molecule has 0 amide bonds. The number of hydrogen-bond donors (Lipinski definition) is 0. The van der Waals surface area contributed by atoms with Crippen molar-refractivity contribution < 1.29 is 0 Å². The van der Waals surface area contributed by atoms with Crippen LogP contribution in [0, 0.1) is 5.41 Å². The van der Waals surface area contributed by atoms with E-state index in [0.29, 0.717) is 10.5 Å². The Hall–Kier alpha value is -0.823. The van der Waals surface area contributed by atoms with E-state index in [2.05, 4.69) is 45.0 Å². The van der Waals surface area contributed by atoms with Crippen LogP contribution in [0.3, 0.4) is 0 Å². The van der Waals surface area contributed by atoms with Crippen molar-refractivity contribution in [3.05, 3.63) is 41.0 Å². The highest BCUT2D eigenvalue weighted by Gasteiger charge is 2.45. The van der Waals surface area contributed by atoms with E-state index in [1.165, 1.54) is 29.5 Å². The summed E-state index contributed by atoms with van der Waals surface area (Å²) < 4.78 is 0. The van der Waals surface area contributed by atoms with Crippen molar-refractivity contribution in [3.63, 3.8) is 0 Å². The molecule has 0 heterocycles. The SMILES string of the molecule is CC1(C)CCC2=C(Cc3ccccc32)C1(C)[SiH3]. The maximum Gasteiger partial charge on any atom is 0.0161 e. The van der Waals surface area contributed by atoms with Crippen molar-refractivity contribution in [2.24, 2.45) is 5.41 Å². The fourth-order valence-corrected chi connectivity index (χ4v) is 4.20. The van der Waals surface area contributed by atoms with Gasteiger partial charge in [0.2, 0.25) is 0 Å². The smallest absolute Gasteiger partial charge is 0.0161 e. The Labute approximate surface area is 108 Å². The van der Waals surface area contributed by atoms with E-state index in [-0.39, 0.29) is 0 Å². The van der Waals surface area contributed by atoms with Gasteiger partial charge in [0.15, 0.2) is 0 Å². The highest BCUT2D eigenvalue weighted by atomic mass is 28.1. The Morgan fingerprint density at radius 3 is 2.59 bits per heavy atom. The quantitative estimate of drug-likeness (QED) is 0.612. The van der Waals surface area contributed by atoms with Crippen LogP contribution in [-0.2, 0) is 6.42 Å². The second kappa shape index (κ2) is 3.35. The summed E-state index contributed by atoms with van der Waals surface area (Å²) in [5, 5.41) is 0.472. The lowest BCUT2D eigenvalue weighted by Gasteiger charge is -2.47. The summed E-state index contributed by atoms with van der Waals surface area (Å²) in [6.07, 6.45) is 3.85. The van der Waals surface area contributed by atoms with Gasteiger partial charge in [0.1, 0.15) is 0 Å². The molecule has 0 N–H and O–H groups in total. The predicted molar refractivity (Wildman–Crippen MR) is 78.4 cm³/mol. The lowest BCUT2D eigenvalue weighted by atomic mass is 9.66. The van der Waals surface area contributed by atoms with E-state index in [1.54, 1.807) is 22.3 Å². The first-order chi connectivity index (χ1) is 7.93. The Morgan fingerprint density at radius 1 is 1.12 bits per heavy atom. The van der Waals surface area contributed by atoms with Gasteiger partial charge in [-0.2, -0.15) is 0 Å². The second-order valence-corrected chi connectivity index (χ2v) is 8.80. The van der Waals surface area contributed by atoms with Gasteiger partial charge in [-0.15, -0.1) is 0 Å². The summed E-state index contributed by atoms with van der Waals surface area (Å²) in [5.41, 5.74) is 7.07. The minimum Gasteiger partial charge on any atom is -0.0619 e. The molecule has 0 spiro atoms. The van der Waals surface area contributed by atoms with Crippen molar-refractivity contribution in [2.75, 3.05) is 0 Å². The molecule has 0 aliphatic heterocycles.